The van der Waals surface area contributed by atoms with Crippen molar-refractivity contribution in [3.8, 4) is 0 Å². The zero-order valence-corrected chi connectivity index (χ0v) is 19.6. The number of rotatable bonds is 6. The molecule has 168 valence electrons. The minimum absolute atomic E-state index is 0.158. The minimum Gasteiger partial charge on any atom is -0.457 e. The maximum absolute atomic E-state index is 12.3. The molecule has 0 aliphatic rings. The lowest BCUT2D eigenvalue weighted by Crippen LogP contribution is -2.40. The van der Waals surface area contributed by atoms with Crippen LogP contribution in [0.4, 0.5) is 9.93 Å². The van der Waals surface area contributed by atoms with Crippen molar-refractivity contribution >= 4 is 40.1 Å². The Hall–Kier alpha value is -2.69. The number of nitrogens with one attached hydrogen (secondary N) is 2. The van der Waals surface area contributed by atoms with Gasteiger partial charge in [-0.3, -0.25) is 10.1 Å². The largest absolute Gasteiger partial charge is 0.457 e. The first kappa shape index (κ1) is 25.3. The summed E-state index contributed by atoms with van der Waals surface area (Å²) in [6.45, 7) is 13.4. The molecule has 0 aliphatic carbocycles. The van der Waals surface area contributed by atoms with Gasteiger partial charge in [-0.1, -0.05) is 5.16 Å². The van der Waals surface area contributed by atoms with Gasteiger partial charge in [-0.05, 0) is 55.4 Å². The molecule has 10 nitrogen and oxygen atoms in total. The summed E-state index contributed by atoms with van der Waals surface area (Å²) in [6.07, 6.45) is -0.677. The summed E-state index contributed by atoms with van der Waals surface area (Å²) in [4.78, 5) is 46.0. The van der Waals surface area contributed by atoms with Gasteiger partial charge in [0.25, 0.3) is 5.91 Å². The number of carbonyl (C=O) groups excluding carboxylic acids is 3. The van der Waals surface area contributed by atoms with Gasteiger partial charge in [0.05, 0.1) is 0 Å². The summed E-state index contributed by atoms with van der Waals surface area (Å²) >= 11 is 1.08. The van der Waals surface area contributed by atoms with E-state index in [2.05, 4.69) is 20.8 Å². The van der Waals surface area contributed by atoms with E-state index in [1.54, 1.807) is 41.5 Å². The lowest BCUT2D eigenvalue weighted by atomic mass is 10.1. The van der Waals surface area contributed by atoms with Crippen molar-refractivity contribution in [3.05, 3.63) is 11.1 Å². The first-order valence-electron chi connectivity index (χ1n) is 9.21. The zero-order chi connectivity index (χ0) is 23.3. The molecule has 0 spiro atoms. The van der Waals surface area contributed by atoms with E-state index in [1.165, 1.54) is 26.3 Å². The second-order valence-corrected chi connectivity index (χ2v) is 9.65. The fraction of sp³-hybridized carbons (Fsp3) is 0.632. The van der Waals surface area contributed by atoms with Crippen molar-refractivity contribution in [2.45, 2.75) is 72.2 Å². The van der Waals surface area contributed by atoms with Crippen LogP contribution in [-0.4, -0.2) is 52.5 Å². The molecule has 0 bridgehead atoms. The van der Waals surface area contributed by atoms with Crippen molar-refractivity contribution in [1.82, 2.24) is 10.3 Å². The molecule has 0 atom stereocenters. The van der Waals surface area contributed by atoms with Gasteiger partial charge in [0, 0.05) is 12.4 Å². The smallest absolute Gasteiger partial charge is 0.413 e. The van der Waals surface area contributed by atoms with Crippen molar-refractivity contribution in [1.29, 1.82) is 0 Å². The van der Waals surface area contributed by atoms with Gasteiger partial charge >= 0.3 is 12.1 Å². The average molecular weight is 443 g/mol. The predicted octanol–water partition coefficient (Wildman–Crippen LogP) is 3.08. The van der Waals surface area contributed by atoms with E-state index in [0.717, 1.165) is 11.3 Å². The quantitative estimate of drug-likeness (QED) is 0.393. The van der Waals surface area contributed by atoms with Gasteiger partial charge in [0.1, 0.15) is 16.9 Å². The van der Waals surface area contributed by atoms with Gasteiger partial charge < -0.3 is 19.6 Å². The van der Waals surface area contributed by atoms with Gasteiger partial charge in [0.2, 0.25) is 5.60 Å². The molecule has 2 amide bonds. The lowest BCUT2D eigenvalue weighted by Gasteiger charge is -2.26. The van der Waals surface area contributed by atoms with E-state index in [4.69, 9.17) is 14.3 Å². The van der Waals surface area contributed by atoms with Crippen LogP contribution in [0.25, 0.3) is 0 Å². The second kappa shape index (κ2) is 9.41. The van der Waals surface area contributed by atoms with Crippen molar-refractivity contribution in [3.63, 3.8) is 0 Å². The summed E-state index contributed by atoms with van der Waals surface area (Å²) in [6, 6.07) is 0. The number of ether oxygens (including phenoxy) is 2. The van der Waals surface area contributed by atoms with Crippen LogP contribution in [0.3, 0.4) is 0 Å². The number of hydrogen-bond donors (Lipinski definition) is 2. The SMILES string of the molecule is CNC(=O)/C(=N\OC(C)(C)C(=O)OC(C)(C)C)c1csc(NC(=O)OC(C)(C)C)n1. The maximum Gasteiger partial charge on any atom is 0.413 e. The number of thiazole rings is 1. The van der Waals surface area contributed by atoms with Crippen molar-refractivity contribution < 1.29 is 28.7 Å². The van der Waals surface area contributed by atoms with E-state index in [0.29, 0.717) is 0 Å². The molecule has 0 aliphatic heterocycles. The molecule has 1 aromatic rings. The predicted molar refractivity (Wildman–Crippen MR) is 114 cm³/mol. The molecule has 0 radical (unpaired) electrons. The van der Waals surface area contributed by atoms with Crippen molar-refractivity contribution in [2.24, 2.45) is 5.16 Å². The summed E-state index contributed by atoms with van der Waals surface area (Å²) in [7, 11) is 1.42. The Balaban J connectivity index is 3.03. The van der Waals surface area contributed by atoms with E-state index in [-0.39, 0.29) is 16.5 Å². The number of aromatic nitrogens is 1. The average Bonchev–Trinajstić information content (AvgIpc) is 2.99. The summed E-state index contributed by atoms with van der Waals surface area (Å²) in [5.41, 5.74) is -2.82. The highest BCUT2D eigenvalue weighted by Gasteiger charge is 2.36. The molecule has 1 rings (SSSR count). The Kier molecular flexibility index (Phi) is 7.95. The highest BCUT2D eigenvalue weighted by atomic mass is 32.1. The molecule has 11 heteroatoms. The topological polar surface area (TPSA) is 128 Å². The fourth-order valence-electron chi connectivity index (χ4n) is 1.75. The van der Waals surface area contributed by atoms with Gasteiger partial charge in [0.15, 0.2) is 10.8 Å². The van der Waals surface area contributed by atoms with Crippen LogP contribution in [0.2, 0.25) is 0 Å². The number of anilines is 1. The van der Waals surface area contributed by atoms with Gasteiger partial charge in [-0.2, -0.15) is 0 Å². The third kappa shape index (κ3) is 8.36. The van der Waals surface area contributed by atoms with Crippen LogP contribution in [0, 0.1) is 0 Å². The molecule has 0 saturated carbocycles. The minimum atomic E-state index is -1.44. The molecule has 0 unspecified atom stereocenters. The molecular formula is C19H30N4O6S. The summed E-state index contributed by atoms with van der Waals surface area (Å²) in [5, 5.41) is 10.5. The van der Waals surface area contributed by atoms with E-state index in [9.17, 15) is 14.4 Å². The van der Waals surface area contributed by atoms with Crippen LogP contribution in [0.5, 0.6) is 0 Å². The fourth-order valence-corrected chi connectivity index (χ4v) is 2.43. The maximum atomic E-state index is 12.3. The monoisotopic (exact) mass is 442 g/mol. The Morgan fingerprint density at radius 2 is 1.57 bits per heavy atom. The third-order valence-electron chi connectivity index (χ3n) is 3.05. The Labute approximate surface area is 180 Å². The van der Waals surface area contributed by atoms with Crippen molar-refractivity contribution in [2.75, 3.05) is 12.4 Å². The molecule has 2 N–H and O–H groups in total. The first-order chi connectivity index (χ1) is 13.5. The number of oxime groups is 1. The standard InChI is InChI=1S/C19H30N4O6S/c1-17(2,3)27-14(25)19(7,8)29-23-12(13(24)20-9)11-10-30-15(21-11)22-16(26)28-18(4,5)6/h10H,1-9H3,(H,20,24)(H,21,22,26)/b23-12-. The van der Waals surface area contributed by atoms with E-state index in [1.807, 2.05) is 0 Å². The summed E-state index contributed by atoms with van der Waals surface area (Å²) in [5.74, 6) is -1.22. The number of likely N-dealkylation sites (N-methyl/N-ethyl adjacent to an activating group) is 1. The molecule has 1 heterocycles. The highest BCUT2D eigenvalue weighted by Crippen LogP contribution is 2.21. The normalized spacial score (nSPS) is 12.8. The number of carbonyl (C=O) groups is 3. The highest BCUT2D eigenvalue weighted by molar-refractivity contribution is 7.14. The summed E-state index contributed by atoms with van der Waals surface area (Å²) < 4.78 is 10.5. The van der Waals surface area contributed by atoms with Gasteiger partial charge in [-0.25, -0.2) is 14.6 Å². The van der Waals surface area contributed by atoms with Crippen LogP contribution in [0.1, 0.15) is 61.1 Å². The molecule has 0 saturated heterocycles. The molecule has 0 fully saturated rings. The second-order valence-electron chi connectivity index (χ2n) is 8.79. The van der Waals surface area contributed by atoms with Crippen LogP contribution < -0.4 is 10.6 Å². The van der Waals surface area contributed by atoms with E-state index >= 15 is 0 Å². The Bertz CT molecular complexity index is 818. The zero-order valence-electron chi connectivity index (χ0n) is 18.8. The van der Waals surface area contributed by atoms with Crippen LogP contribution >= 0.6 is 11.3 Å². The molecular weight excluding hydrogens is 412 g/mol. The van der Waals surface area contributed by atoms with Crippen LogP contribution in [0.15, 0.2) is 10.5 Å². The lowest BCUT2D eigenvalue weighted by molar-refractivity contribution is -0.179. The Morgan fingerprint density at radius 1 is 1.00 bits per heavy atom. The van der Waals surface area contributed by atoms with E-state index < -0.39 is 34.8 Å². The Morgan fingerprint density at radius 3 is 2.07 bits per heavy atom. The van der Waals surface area contributed by atoms with Crippen LogP contribution in [-0.2, 0) is 23.9 Å². The third-order valence-corrected chi connectivity index (χ3v) is 3.81. The number of esters is 1. The first-order valence-corrected chi connectivity index (χ1v) is 10.1. The number of hydrogen-bond acceptors (Lipinski definition) is 9. The molecule has 30 heavy (non-hydrogen) atoms. The molecule has 1 aromatic heterocycles. The number of nitrogens with zero attached hydrogens (tertiary/aromatic N) is 2. The van der Waals surface area contributed by atoms with Gasteiger partial charge in [-0.15, -0.1) is 11.3 Å². The number of amides is 2. The molecule has 0 aromatic carbocycles.